The largest absolute Gasteiger partial charge is 0.459 e. The molecule has 0 saturated carbocycles. The minimum absolute atomic E-state index is 0.104. The normalized spacial score (nSPS) is 17.1. The second-order valence-corrected chi connectivity index (χ2v) is 10.0. The van der Waals surface area contributed by atoms with E-state index in [1.54, 1.807) is 12.3 Å². The van der Waals surface area contributed by atoms with Crippen molar-refractivity contribution >= 4 is 44.9 Å². The van der Waals surface area contributed by atoms with Crippen LogP contribution in [0.4, 0.5) is 10.1 Å². The molecule has 3 heterocycles. The summed E-state index contributed by atoms with van der Waals surface area (Å²) in [5.41, 5.74) is 3.33. The number of para-hydroxylation sites is 1. The molecular formula is C28H24BrFN4O2S. The first-order valence-electron chi connectivity index (χ1n) is 11.8. The number of pyridine rings is 1. The summed E-state index contributed by atoms with van der Waals surface area (Å²) in [6.45, 7) is 2.34. The number of aryl methyl sites for hydroxylation is 1. The van der Waals surface area contributed by atoms with Gasteiger partial charge < -0.3 is 20.0 Å². The Morgan fingerprint density at radius 3 is 2.73 bits per heavy atom. The van der Waals surface area contributed by atoms with Gasteiger partial charge in [0.15, 0.2) is 5.11 Å². The molecule has 1 aliphatic rings. The van der Waals surface area contributed by atoms with Gasteiger partial charge in [-0.1, -0.05) is 24.3 Å². The van der Waals surface area contributed by atoms with Crippen LogP contribution < -0.4 is 10.6 Å². The fourth-order valence-electron chi connectivity index (χ4n) is 4.45. The van der Waals surface area contributed by atoms with Crippen molar-refractivity contribution in [3.05, 3.63) is 106 Å². The number of amides is 1. The van der Waals surface area contributed by atoms with E-state index < -0.39 is 0 Å². The third-order valence-electron chi connectivity index (χ3n) is 6.31. The van der Waals surface area contributed by atoms with Crippen molar-refractivity contribution in [2.75, 3.05) is 11.9 Å². The Bertz CT molecular complexity index is 1450. The molecule has 5 rings (SSSR count). The standard InChI is InChI=1S/C28H24BrFN4O2S/c1-17-6-2-3-7-21(17)32-25(35)13-15-34-27(26(33-28(34)37)22-8-4-5-14-31-22)24-12-11-23(36-24)19-10-9-18(30)16-20(19)29/h2-12,14,16,26-27H,13,15H2,1H3,(H,32,35)(H,33,37)/t26-,27-/m0/s1. The molecule has 6 nitrogen and oxygen atoms in total. The summed E-state index contributed by atoms with van der Waals surface area (Å²) in [4.78, 5) is 19.3. The van der Waals surface area contributed by atoms with Gasteiger partial charge in [-0.25, -0.2) is 4.39 Å². The molecule has 9 heteroatoms. The molecule has 188 valence electrons. The Morgan fingerprint density at radius 2 is 1.97 bits per heavy atom. The number of aromatic nitrogens is 1. The van der Waals surface area contributed by atoms with Crippen molar-refractivity contribution in [3.8, 4) is 11.3 Å². The van der Waals surface area contributed by atoms with Crippen LogP contribution in [0.5, 0.6) is 0 Å². The predicted molar refractivity (Wildman–Crippen MR) is 148 cm³/mol. The van der Waals surface area contributed by atoms with E-state index in [1.165, 1.54) is 12.1 Å². The number of hydrogen-bond donors (Lipinski definition) is 2. The number of benzene rings is 2. The third kappa shape index (κ3) is 5.42. The molecule has 2 atom stereocenters. The first kappa shape index (κ1) is 25.1. The summed E-state index contributed by atoms with van der Waals surface area (Å²) < 4.78 is 20.5. The summed E-state index contributed by atoms with van der Waals surface area (Å²) >= 11 is 9.12. The lowest BCUT2D eigenvalue weighted by Gasteiger charge is -2.26. The highest BCUT2D eigenvalue weighted by Gasteiger charge is 2.41. The molecule has 2 aromatic heterocycles. The number of nitrogens with zero attached hydrogens (tertiary/aromatic N) is 2. The van der Waals surface area contributed by atoms with E-state index in [2.05, 4.69) is 31.5 Å². The molecular weight excluding hydrogens is 555 g/mol. The first-order chi connectivity index (χ1) is 17.9. The minimum atomic E-state index is -0.335. The van der Waals surface area contributed by atoms with Gasteiger partial charge in [-0.15, -0.1) is 0 Å². The van der Waals surface area contributed by atoms with Crippen LogP contribution in [0.25, 0.3) is 11.3 Å². The zero-order chi connectivity index (χ0) is 25.9. The monoisotopic (exact) mass is 578 g/mol. The fourth-order valence-corrected chi connectivity index (χ4v) is 5.33. The van der Waals surface area contributed by atoms with Gasteiger partial charge in [0.05, 0.1) is 11.7 Å². The van der Waals surface area contributed by atoms with Gasteiger partial charge in [-0.3, -0.25) is 9.78 Å². The quantitative estimate of drug-likeness (QED) is 0.242. The number of hydrogen-bond acceptors (Lipinski definition) is 4. The Balaban J connectivity index is 1.42. The van der Waals surface area contributed by atoms with E-state index in [-0.39, 0.29) is 30.2 Å². The van der Waals surface area contributed by atoms with Crippen LogP contribution in [-0.4, -0.2) is 27.4 Å². The smallest absolute Gasteiger partial charge is 0.226 e. The zero-order valence-electron chi connectivity index (χ0n) is 19.9. The molecule has 0 radical (unpaired) electrons. The van der Waals surface area contributed by atoms with E-state index in [0.29, 0.717) is 27.7 Å². The Labute approximate surface area is 228 Å². The highest BCUT2D eigenvalue weighted by atomic mass is 79.9. The third-order valence-corrected chi connectivity index (χ3v) is 7.32. The number of thiocarbonyl (C=S) groups is 1. The van der Waals surface area contributed by atoms with Crippen molar-refractivity contribution in [1.82, 2.24) is 15.2 Å². The molecule has 37 heavy (non-hydrogen) atoms. The summed E-state index contributed by atoms with van der Waals surface area (Å²) in [5.74, 6) is 0.816. The number of halogens is 2. The van der Waals surface area contributed by atoms with Gasteiger partial charge in [0.1, 0.15) is 23.4 Å². The topological polar surface area (TPSA) is 70.4 Å². The average Bonchev–Trinajstić information content (AvgIpc) is 3.49. The second-order valence-electron chi connectivity index (χ2n) is 8.76. The molecule has 4 aromatic rings. The van der Waals surface area contributed by atoms with E-state index in [4.69, 9.17) is 16.6 Å². The number of anilines is 1. The van der Waals surface area contributed by atoms with Crippen molar-refractivity contribution < 1.29 is 13.6 Å². The Hall–Kier alpha value is -3.56. The summed E-state index contributed by atoms with van der Waals surface area (Å²) in [6, 6.07) is 21.0. The fraction of sp³-hybridized carbons (Fsp3) is 0.179. The first-order valence-corrected chi connectivity index (χ1v) is 13.0. The second kappa shape index (κ2) is 10.8. The van der Waals surface area contributed by atoms with Gasteiger partial charge in [-0.05, 0) is 89.2 Å². The number of carbonyl (C=O) groups is 1. The van der Waals surface area contributed by atoms with Gasteiger partial charge in [0, 0.05) is 34.9 Å². The van der Waals surface area contributed by atoms with E-state index in [1.807, 2.05) is 66.4 Å². The van der Waals surface area contributed by atoms with Crippen LogP contribution >= 0.6 is 28.1 Å². The van der Waals surface area contributed by atoms with Gasteiger partial charge >= 0.3 is 0 Å². The van der Waals surface area contributed by atoms with Crippen LogP contribution in [0, 0.1) is 12.7 Å². The number of furan rings is 1. The highest BCUT2D eigenvalue weighted by Crippen LogP contribution is 2.41. The van der Waals surface area contributed by atoms with Crippen molar-refractivity contribution in [2.45, 2.75) is 25.4 Å². The molecule has 1 amide bonds. The van der Waals surface area contributed by atoms with E-state index >= 15 is 0 Å². The average molecular weight is 579 g/mol. The lowest BCUT2D eigenvalue weighted by molar-refractivity contribution is -0.116. The molecule has 1 aliphatic heterocycles. The predicted octanol–water partition coefficient (Wildman–Crippen LogP) is 6.55. The van der Waals surface area contributed by atoms with Crippen molar-refractivity contribution in [3.63, 3.8) is 0 Å². The van der Waals surface area contributed by atoms with Gasteiger partial charge in [0.2, 0.25) is 5.91 Å². The lowest BCUT2D eigenvalue weighted by Crippen LogP contribution is -2.32. The number of carbonyl (C=O) groups excluding carboxylic acids is 1. The molecule has 1 saturated heterocycles. The SMILES string of the molecule is Cc1ccccc1NC(=O)CCN1C(=S)N[C@@H](c2ccccn2)[C@@H]1c1ccc(-c2ccc(F)cc2Br)o1. The molecule has 2 aromatic carbocycles. The summed E-state index contributed by atoms with van der Waals surface area (Å²) in [6.07, 6.45) is 1.97. The van der Waals surface area contributed by atoms with Crippen LogP contribution in [0.3, 0.4) is 0 Å². The maximum absolute atomic E-state index is 13.6. The molecule has 1 fully saturated rings. The van der Waals surface area contributed by atoms with Crippen LogP contribution in [0.15, 0.2) is 87.9 Å². The number of rotatable bonds is 7. The minimum Gasteiger partial charge on any atom is -0.459 e. The molecule has 0 unspecified atom stereocenters. The Kier molecular flexibility index (Phi) is 7.34. The van der Waals surface area contributed by atoms with Crippen LogP contribution in [0.2, 0.25) is 0 Å². The van der Waals surface area contributed by atoms with Crippen LogP contribution in [0.1, 0.15) is 35.5 Å². The number of nitrogens with one attached hydrogen (secondary N) is 2. The maximum Gasteiger partial charge on any atom is 0.226 e. The Morgan fingerprint density at radius 1 is 1.16 bits per heavy atom. The zero-order valence-corrected chi connectivity index (χ0v) is 22.4. The van der Waals surface area contributed by atoms with E-state index in [9.17, 15) is 9.18 Å². The molecule has 0 aliphatic carbocycles. The van der Waals surface area contributed by atoms with Crippen molar-refractivity contribution in [1.29, 1.82) is 0 Å². The molecule has 2 N–H and O–H groups in total. The summed E-state index contributed by atoms with van der Waals surface area (Å²) in [5, 5.41) is 6.86. The van der Waals surface area contributed by atoms with Gasteiger partial charge in [-0.2, -0.15) is 0 Å². The van der Waals surface area contributed by atoms with E-state index in [0.717, 1.165) is 22.5 Å². The van der Waals surface area contributed by atoms with Gasteiger partial charge in [0.25, 0.3) is 0 Å². The maximum atomic E-state index is 13.6. The summed E-state index contributed by atoms with van der Waals surface area (Å²) in [7, 11) is 0. The van der Waals surface area contributed by atoms with Crippen molar-refractivity contribution in [2.24, 2.45) is 0 Å². The lowest BCUT2D eigenvalue weighted by atomic mass is 10.0. The van der Waals surface area contributed by atoms with Crippen LogP contribution in [-0.2, 0) is 4.79 Å². The highest BCUT2D eigenvalue weighted by molar-refractivity contribution is 9.10. The molecule has 0 bridgehead atoms. The molecule has 0 spiro atoms.